The largest absolute Gasteiger partial charge is 0.444 e. The second-order valence-corrected chi connectivity index (χ2v) is 6.92. The maximum absolute atomic E-state index is 12.1. The number of carbonyl (C=O) groups excluding carboxylic acids is 1. The SMILES string of the molecule is COC[C@H]1CN(C(=O)OC(C)(C)C)CCN1CC(C)C. The van der Waals surface area contributed by atoms with E-state index in [1.807, 2.05) is 20.8 Å². The molecule has 1 aliphatic heterocycles. The van der Waals surface area contributed by atoms with Crippen LogP contribution in [0.15, 0.2) is 0 Å². The molecule has 0 saturated carbocycles. The first-order valence-corrected chi connectivity index (χ1v) is 7.44. The standard InChI is InChI=1S/C15H30N2O3/c1-12(2)9-16-7-8-17(10-13(16)11-19-6)14(18)20-15(3,4)5/h12-13H,7-11H2,1-6H3/t13-/m1/s1. The Kier molecular flexibility index (Phi) is 6.27. The highest BCUT2D eigenvalue weighted by Crippen LogP contribution is 2.16. The van der Waals surface area contributed by atoms with Crippen molar-refractivity contribution in [1.82, 2.24) is 9.80 Å². The minimum absolute atomic E-state index is 0.220. The lowest BCUT2D eigenvalue weighted by Crippen LogP contribution is -2.57. The van der Waals surface area contributed by atoms with Crippen molar-refractivity contribution in [2.45, 2.75) is 46.3 Å². The third-order valence-corrected chi connectivity index (χ3v) is 3.22. The molecule has 5 nitrogen and oxygen atoms in total. The van der Waals surface area contributed by atoms with Crippen molar-refractivity contribution < 1.29 is 14.3 Å². The number of amides is 1. The number of carbonyl (C=O) groups is 1. The van der Waals surface area contributed by atoms with Gasteiger partial charge in [0, 0.05) is 33.3 Å². The van der Waals surface area contributed by atoms with Crippen LogP contribution in [0.2, 0.25) is 0 Å². The lowest BCUT2D eigenvalue weighted by atomic mass is 10.1. The van der Waals surface area contributed by atoms with Gasteiger partial charge in [0.2, 0.25) is 0 Å². The van der Waals surface area contributed by atoms with E-state index in [9.17, 15) is 4.79 Å². The zero-order valence-electron chi connectivity index (χ0n) is 13.8. The molecule has 1 fully saturated rings. The van der Waals surface area contributed by atoms with Gasteiger partial charge in [-0.3, -0.25) is 4.90 Å². The molecule has 0 N–H and O–H groups in total. The number of nitrogens with zero attached hydrogens (tertiary/aromatic N) is 2. The highest BCUT2D eigenvalue weighted by atomic mass is 16.6. The Labute approximate surface area is 123 Å². The van der Waals surface area contributed by atoms with Crippen LogP contribution in [0.4, 0.5) is 4.79 Å². The second kappa shape index (κ2) is 7.27. The molecule has 1 aliphatic rings. The first-order chi connectivity index (χ1) is 9.23. The van der Waals surface area contributed by atoms with E-state index in [1.165, 1.54) is 0 Å². The summed E-state index contributed by atoms with van der Waals surface area (Å²) in [5.74, 6) is 0.613. The summed E-state index contributed by atoms with van der Waals surface area (Å²) < 4.78 is 10.7. The average Bonchev–Trinajstić information content (AvgIpc) is 2.28. The average molecular weight is 286 g/mol. The van der Waals surface area contributed by atoms with Crippen LogP contribution in [0.5, 0.6) is 0 Å². The van der Waals surface area contributed by atoms with Crippen LogP contribution in [0.3, 0.4) is 0 Å². The van der Waals surface area contributed by atoms with E-state index in [1.54, 1.807) is 12.0 Å². The molecule has 1 amide bonds. The van der Waals surface area contributed by atoms with Crippen molar-refractivity contribution in [1.29, 1.82) is 0 Å². The van der Waals surface area contributed by atoms with Crippen molar-refractivity contribution >= 4 is 6.09 Å². The van der Waals surface area contributed by atoms with Crippen LogP contribution < -0.4 is 0 Å². The van der Waals surface area contributed by atoms with Gasteiger partial charge in [-0.15, -0.1) is 0 Å². The highest BCUT2D eigenvalue weighted by molar-refractivity contribution is 5.68. The minimum atomic E-state index is -0.442. The van der Waals surface area contributed by atoms with Crippen LogP contribution in [0.25, 0.3) is 0 Å². The first-order valence-electron chi connectivity index (χ1n) is 7.44. The van der Waals surface area contributed by atoms with Crippen molar-refractivity contribution in [3.63, 3.8) is 0 Å². The van der Waals surface area contributed by atoms with E-state index in [2.05, 4.69) is 18.7 Å². The van der Waals surface area contributed by atoms with E-state index in [-0.39, 0.29) is 12.1 Å². The van der Waals surface area contributed by atoms with E-state index in [4.69, 9.17) is 9.47 Å². The van der Waals surface area contributed by atoms with Crippen LogP contribution in [-0.4, -0.2) is 67.4 Å². The minimum Gasteiger partial charge on any atom is -0.444 e. The monoisotopic (exact) mass is 286 g/mol. The van der Waals surface area contributed by atoms with Crippen LogP contribution in [0, 0.1) is 5.92 Å². The van der Waals surface area contributed by atoms with Gasteiger partial charge in [0.15, 0.2) is 0 Å². The summed E-state index contributed by atoms with van der Waals surface area (Å²) in [5.41, 5.74) is -0.442. The molecule has 0 bridgehead atoms. The fourth-order valence-corrected chi connectivity index (χ4v) is 2.45. The predicted molar refractivity (Wildman–Crippen MR) is 79.9 cm³/mol. The van der Waals surface area contributed by atoms with Gasteiger partial charge in [-0.2, -0.15) is 0 Å². The molecule has 1 rings (SSSR count). The lowest BCUT2D eigenvalue weighted by molar-refractivity contribution is -0.0112. The third kappa shape index (κ3) is 5.67. The Bertz CT molecular complexity index is 313. The number of rotatable bonds is 4. The Morgan fingerprint density at radius 3 is 2.45 bits per heavy atom. The van der Waals surface area contributed by atoms with Crippen LogP contribution >= 0.6 is 0 Å². The van der Waals surface area contributed by atoms with Gasteiger partial charge in [0.1, 0.15) is 5.60 Å². The molecule has 0 aromatic rings. The molecule has 0 unspecified atom stereocenters. The zero-order valence-corrected chi connectivity index (χ0v) is 13.8. The van der Waals surface area contributed by atoms with Gasteiger partial charge in [-0.25, -0.2) is 4.79 Å². The number of piperazine rings is 1. The predicted octanol–water partition coefficient (Wildman–Crippen LogP) is 2.21. The summed E-state index contributed by atoms with van der Waals surface area (Å²) in [6.07, 6.45) is -0.220. The van der Waals surface area contributed by atoms with Gasteiger partial charge >= 0.3 is 6.09 Å². The van der Waals surface area contributed by atoms with Crippen molar-refractivity contribution in [2.75, 3.05) is 39.9 Å². The molecule has 20 heavy (non-hydrogen) atoms. The molecule has 1 saturated heterocycles. The molecule has 0 spiro atoms. The molecule has 5 heteroatoms. The summed E-state index contributed by atoms with van der Waals surface area (Å²) in [6, 6.07) is 0.253. The third-order valence-electron chi connectivity index (χ3n) is 3.22. The number of hydrogen-bond donors (Lipinski definition) is 0. The molecule has 0 radical (unpaired) electrons. The molecule has 1 heterocycles. The van der Waals surface area contributed by atoms with Gasteiger partial charge in [0.05, 0.1) is 12.6 Å². The fraction of sp³-hybridized carbons (Fsp3) is 0.933. The summed E-state index contributed by atoms with van der Waals surface area (Å²) in [7, 11) is 1.71. The van der Waals surface area contributed by atoms with Crippen LogP contribution in [0.1, 0.15) is 34.6 Å². The van der Waals surface area contributed by atoms with Crippen molar-refractivity contribution in [3.05, 3.63) is 0 Å². The Hall–Kier alpha value is -0.810. The number of hydrogen-bond acceptors (Lipinski definition) is 4. The van der Waals surface area contributed by atoms with Crippen LogP contribution in [-0.2, 0) is 9.47 Å². The van der Waals surface area contributed by atoms with Crippen molar-refractivity contribution in [2.24, 2.45) is 5.92 Å². The maximum Gasteiger partial charge on any atom is 0.410 e. The first kappa shape index (κ1) is 17.2. The Morgan fingerprint density at radius 2 is 1.95 bits per heavy atom. The zero-order chi connectivity index (χ0) is 15.3. The molecule has 0 aliphatic carbocycles. The molecule has 1 atom stereocenters. The second-order valence-electron chi connectivity index (χ2n) is 6.92. The maximum atomic E-state index is 12.1. The molecule has 118 valence electrons. The molecular weight excluding hydrogens is 256 g/mol. The number of ether oxygens (including phenoxy) is 2. The fourth-order valence-electron chi connectivity index (χ4n) is 2.45. The summed E-state index contributed by atoms with van der Waals surface area (Å²) in [6.45, 7) is 14.1. The number of methoxy groups -OCH3 is 1. The topological polar surface area (TPSA) is 42.0 Å². The van der Waals surface area contributed by atoms with E-state index >= 15 is 0 Å². The quantitative estimate of drug-likeness (QED) is 0.794. The lowest BCUT2D eigenvalue weighted by Gasteiger charge is -2.42. The Balaban J connectivity index is 2.61. The molecule has 0 aromatic carbocycles. The van der Waals surface area contributed by atoms with Gasteiger partial charge in [0.25, 0.3) is 0 Å². The molecule has 0 aromatic heterocycles. The summed E-state index contributed by atoms with van der Waals surface area (Å²) in [4.78, 5) is 16.3. The normalized spacial score (nSPS) is 21.4. The van der Waals surface area contributed by atoms with E-state index in [0.717, 1.165) is 19.6 Å². The smallest absolute Gasteiger partial charge is 0.410 e. The van der Waals surface area contributed by atoms with Crippen molar-refractivity contribution in [3.8, 4) is 0 Å². The van der Waals surface area contributed by atoms with Gasteiger partial charge in [-0.1, -0.05) is 13.8 Å². The van der Waals surface area contributed by atoms with E-state index < -0.39 is 5.60 Å². The van der Waals surface area contributed by atoms with E-state index in [0.29, 0.717) is 19.1 Å². The summed E-state index contributed by atoms with van der Waals surface area (Å²) >= 11 is 0. The highest BCUT2D eigenvalue weighted by Gasteiger charge is 2.31. The Morgan fingerprint density at radius 1 is 1.30 bits per heavy atom. The molecular formula is C15H30N2O3. The van der Waals surface area contributed by atoms with Gasteiger partial charge < -0.3 is 14.4 Å². The van der Waals surface area contributed by atoms with Gasteiger partial charge in [-0.05, 0) is 26.7 Å². The summed E-state index contributed by atoms with van der Waals surface area (Å²) in [5, 5.41) is 0.